The first-order valence-corrected chi connectivity index (χ1v) is 42.2. The molecule has 9 nitrogen and oxygen atoms in total. The molecule has 13 heteroatoms. The van der Waals surface area contributed by atoms with Gasteiger partial charge in [0.15, 0.2) is 0 Å². The Morgan fingerprint density at radius 1 is 0.282 bits per heavy atom. The number of hydrogen-bond acceptors (Lipinski definition) is 7. The van der Waals surface area contributed by atoms with Gasteiger partial charge in [-0.15, -0.1) is 0 Å². The van der Waals surface area contributed by atoms with E-state index in [0.29, 0.717) is 5.46 Å². The van der Waals surface area contributed by atoms with Gasteiger partial charge in [0.1, 0.15) is 33.5 Å². The molecule has 0 bridgehead atoms. The first-order valence-electron chi connectivity index (χ1n) is 40.6. The third-order valence-electron chi connectivity index (χ3n) is 24.4. The summed E-state index contributed by atoms with van der Waals surface area (Å²) in [5.74, 6) is -1.67. The molecule has 0 unspecified atom stereocenters. The van der Waals surface area contributed by atoms with Gasteiger partial charge in [-0.1, -0.05) is 355 Å². The van der Waals surface area contributed by atoms with Crippen molar-refractivity contribution in [1.29, 1.82) is 0 Å². The molecule has 4 aliphatic carbocycles. The van der Waals surface area contributed by atoms with Gasteiger partial charge < -0.3 is 33.5 Å². The molecule has 20 aromatic rings. The Balaban J connectivity index is 0.000000143. The third-order valence-corrected chi connectivity index (χ3v) is 25.4. The summed E-state index contributed by atoms with van der Waals surface area (Å²) in [6.07, 6.45) is 1.81. The zero-order valence-electron chi connectivity index (χ0n) is 66.6. The third kappa shape index (κ3) is 13.8. The van der Waals surface area contributed by atoms with Crippen molar-refractivity contribution in [1.82, 2.24) is 0 Å². The fourth-order valence-electron chi connectivity index (χ4n) is 19.7. The Morgan fingerprint density at radius 2 is 0.532 bits per heavy atom. The van der Waals surface area contributed by atoms with Crippen molar-refractivity contribution in [3.05, 3.63) is 446 Å². The summed E-state index contributed by atoms with van der Waals surface area (Å²) in [4.78, 5) is 18.0. The van der Waals surface area contributed by atoms with Crippen molar-refractivity contribution in [3.63, 3.8) is 0 Å². The van der Waals surface area contributed by atoms with E-state index in [-0.39, 0.29) is 33.3 Å². The van der Waals surface area contributed by atoms with Crippen molar-refractivity contribution in [2.24, 2.45) is 0 Å². The fraction of sp³-hybridized carbons (Fsp3) is 0.0631. The smallest absolute Gasteiger partial charge is 0.481 e. The summed E-state index contributed by atoms with van der Waals surface area (Å²) >= 11 is 7.49. The molecule has 0 atom stereocenters. The van der Waals surface area contributed by atoms with Crippen LogP contribution in [0.25, 0.3) is 144 Å². The molecule has 604 valence electrons. The molecule has 0 aliphatic heterocycles. The number of para-hydroxylation sites is 6. The second-order valence-corrected chi connectivity index (χ2v) is 33.1. The first kappa shape index (κ1) is 81.7. The van der Waals surface area contributed by atoms with Crippen LogP contribution in [0.5, 0.6) is 0 Å². The molecule has 0 fully saturated rings. The predicted molar refractivity (Wildman–Crippen MR) is 507 cm³/mol. The molecule has 4 N–H and O–H groups in total. The van der Waals surface area contributed by atoms with Gasteiger partial charge in [0, 0.05) is 92.2 Å². The minimum atomic E-state index is -1.52. The van der Waals surface area contributed by atoms with Crippen molar-refractivity contribution in [3.8, 4) is 77.9 Å². The van der Waals surface area contributed by atoms with Gasteiger partial charge in [-0.2, -0.15) is 0 Å². The maximum atomic E-state index is 9.60. The Bertz CT molecular complexity index is 7250. The van der Waals surface area contributed by atoms with Crippen molar-refractivity contribution in [2.75, 3.05) is 0 Å². The Labute approximate surface area is 748 Å². The van der Waals surface area contributed by atoms with E-state index in [4.69, 9.17) is 33.1 Å². The van der Waals surface area contributed by atoms with E-state index in [1.54, 1.807) is 12.1 Å². The summed E-state index contributed by atoms with van der Waals surface area (Å²) < 4.78 is 21.5. The predicted octanol–water partition coefficient (Wildman–Crippen LogP) is 27.6. The quantitative estimate of drug-likeness (QED) is 0.119. The Morgan fingerprint density at radius 3 is 0.871 bits per heavy atom. The van der Waals surface area contributed by atoms with E-state index in [9.17, 15) is 10.0 Å². The number of hydrogen-bond donors (Lipinski definition) is 4. The van der Waals surface area contributed by atoms with E-state index >= 15 is 0 Å². The zero-order chi connectivity index (χ0) is 83.1. The number of halogens is 2. The molecular formula is C111H79BBr2O9Pd. The van der Waals surface area contributed by atoms with Gasteiger partial charge in [-0.3, -0.25) is 9.59 Å². The van der Waals surface area contributed by atoms with E-state index in [2.05, 4.69) is 323 Å². The standard InChI is InChI=1S/C62H38O2.C26H16Br2.C18H13BO3.2C2H4O2.CH4.Pd/c1-3-17-44(50-23-13-25-52-48-21-7-11-29-58(48)63-60(50)52)42(15-1)38-31-33-40-35-41-34-32-39(37-57(41)62(56(40)36-38)54-27-9-5-19-46(54)47-20-6-10-28-55(47)62)43-16-2-4-18-45(43)51-24-14-26-53-49-22-8-12-30-59(49)64-61(51)53;27-18-11-9-16-13-17-10-12-19(28)15-25(17)26(24(16)14-18)22-7-3-1-5-20(22)21-6-2-4-8-23(21)26;20-19(21)16-10-3-1-6-12(16)14-8-5-9-15-13-7-2-4-11-17(13)22-18(14)15;2*1-2(3)4;;/h1-34,36-37H,35H2;1-12,14-15H,13H2;1-11,20-21H;2*1H3,(H,3,4);1H4;. The number of benzene rings is 17. The summed E-state index contributed by atoms with van der Waals surface area (Å²) in [5, 5.41) is 40.7. The van der Waals surface area contributed by atoms with E-state index < -0.39 is 24.5 Å². The summed E-state index contributed by atoms with van der Waals surface area (Å²) in [6, 6.07) is 133. The number of fused-ring (bicyclic) bond motifs is 27. The summed E-state index contributed by atoms with van der Waals surface area (Å²) in [5.41, 5.74) is 37.4. The van der Waals surface area contributed by atoms with E-state index in [1.807, 2.05) is 66.7 Å². The van der Waals surface area contributed by atoms with Crippen LogP contribution in [0.1, 0.15) is 88.0 Å². The molecule has 0 saturated carbocycles. The van der Waals surface area contributed by atoms with Crippen LogP contribution in [0.2, 0.25) is 0 Å². The minimum absolute atomic E-state index is 0. The fourth-order valence-corrected chi connectivity index (χ4v) is 20.4. The number of rotatable bonds is 6. The van der Waals surface area contributed by atoms with Crippen LogP contribution in [0.4, 0.5) is 0 Å². The van der Waals surface area contributed by atoms with Gasteiger partial charge in [0.25, 0.3) is 11.9 Å². The maximum absolute atomic E-state index is 9.60. The van der Waals surface area contributed by atoms with Gasteiger partial charge in [-0.25, -0.2) is 0 Å². The van der Waals surface area contributed by atoms with Crippen molar-refractivity contribution < 1.29 is 63.5 Å². The molecule has 124 heavy (non-hydrogen) atoms. The van der Waals surface area contributed by atoms with E-state index in [0.717, 1.165) is 135 Å². The second kappa shape index (κ2) is 33.5. The average molecular weight is 1830 g/mol. The molecule has 0 amide bonds. The van der Waals surface area contributed by atoms with Crippen molar-refractivity contribution in [2.45, 2.75) is 44.9 Å². The van der Waals surface area contributed by atoms with Crippen LogP contribution >= 0.6 is 31.9 Å². The summed E-state index contributed by atoms with van der Waals surface area (Å²) in [6.45, 7) is 2.17. The molecule has 24 rings (SSSR count). The molecular weight excluding hydrogens is 1750 g/mol. The molecule has 0 radical (unpaired) electrons. The largest absolute Gasteiger partial charge is 0.489 e. The van der Waals surface area contributed by atoms with Crippen LogP contribution in [0, 0.1) is 0 Å². The van der Waals surface area contributed by atoms with Gasteiger partial charge >= 0.3 is 7.12 Å². The average Bonchev–Trinajstić information content (AvgIpc) is 1.56. The SMILES string of the molecule is Brc1ccc2c(c1)C1(c3cc(Br)ccc3C2)c2ccccc2-c2ccccc21.C.CC(=O)O.CC(=O)O.OB(O)c1ccccc1-c1cccc2c1oc1ccccc12.[Pd].c1ccc(-c2cccc3c2oc2ccccc23)c(-c2ccc3c(c2)C2(c4cc(-c5ccccc5-c5cccc6c5oc5ccccc56)ccc4C3)c3ccccc3-c3ccccc32)c1. The number of furan rings is 3. The van der Waals surface area contributed by atoms with Crippen molar-refractivity contribution >= 4 is 122 Å². The van der Waals surface area contributed by atoms with Crippen LogP contribution in [-0.4, -0.2) is 39.3 Å². The molecule has 4 aliphatic rings. The monoisotopic (exact) mass is 1830 g/mol. The molecule has 17 aromatic carbocycles. The number of carboxylic acid groups (broad SMARTS) is 2. The van der Waals surface area contributed by atoms with Crippen LogP contribution in [-0.2, 0) is 53.7 Å². The zero-order valence-corrected chi connectivity index (χ0v) is 71.3. The normalized spacial score (nSPS) is 12.7. The van der Waals surface area contributed by atoms with Crippen LogP contribution < -0.4 is 5.46 Å². The first-order chi connectivity index (χ1) is 59.6. The van der Waals surface area contributed by atoms with Gasteiger partial charge in [-0.05, 0) is 201 Å². The molecule has 2 spiro atoms. The van der Waals surface area contributed by atoms with Gasteiger partial charge in [0.05, 0.1) is 10.8 Å². The Kier molecular flexibility index (Phi) is 22.1. The Hall–Kier alpha value is -13.3. The van der Waals surface area contributed by atoms with Gasteiger partial charge in [0.2, 0.25) is 0 Å². The number of carboxylic acids is 2. The minimum Gasteiger partial charge on any atom is -0.481 e. The topological polar surface area (TPSA) is 154 Å². The summed E-state index contributed by atoms with van der Waals surface area (Å²) in [7, 11) is -1.52. The van der Waals surface area contributed by atoms with E-state index in [1.165, 1.54) is 111 Å². The van der Waals surface area contributed by atoms with Crippen LogP contribution in [0.3, 0.4) is 0 Å². The van der Waals surface area contributed by atoms with Crippen LogP contribution in [0.15, 0.2) is 392 Å². The second-order valence-electron chi connectivity index (χ2n) is 31.3. The molecule has 0 saturated heterocycles. The molecule has 3 heterocycles. The molecule has 3 aromatic heterocycles. The maximum Gasteiger partial charge on any atom is 0.489 e. The number of carbonyl (C=O) groups is 2. The number of aliphatic carboxylic acids is 2.